The lowest BCUT2D eigenvalue weighted by molar-refractivity contribution is -0.121. The topological polar surface area (TPSA) is 58.2 Å². The van der Waals surface area contributed by atoms with Gasteiger partial charge in [-0.1, -0.05) is 19.1 Å². The third kappa shape index (κ3) is 5.42. The number of hydrogen-bond acceptors (Lipinski definition) is 2. The van der Waals surface area contributed by atoms with Gasteiger partial charge in [-0.3, -0.25) is 9.59 Å². The highest BCUT2D eigenvalue weighted by molar-refractivity contribution is 9.10. The van der Waals surface area contributed by atoms with Gasteiger partial charge in [0, 0.05) is 23.5 Å². The summed E-state index contributed by atoms with van der Waals surface area (Å²) < 4.78 is 0.747. The first-order valence-electron chi connectivity index (χ1n) is 6.36. The molecule has 1 aromatic carbocycles. The maximum absolute atomic E-state index is 11.9. The van der Waals surface area contributed by atoms with E-state index < -0.39 is 0 Å². The van der Waals surface area contributed by atoms with E-state index in [0.29, 0.717) is 18.5 Å². The molecule has 0 aromatic heterocycles. The summed E-state index contributed by atoms with van der Waals surface area (Å²) in [6.45, 7) is 4.31. The second-order valence-corrected chi connectivity index (χ2v) is 5.22. The van der Waals surface area contributed by atoms with Crippen LogP contribution in [-0.4, -0.2) is 24.4 Å². The second-order valence-electron chi connectivity index (χ2n) is 4.36. The molecule has 0 heterocycles. The molecule has 2 N–H and O–H groups in total. The molecule has 0 fully saturated rings. The predicted octanol–water partition coefficient (Wildman–Crippen LogP) is 2.48. The average Bonchev–Trinajstić information content (AvgIpc) is 2.38. The van der Waals surface area contributed by atoms with E-state index in [0.717, 1.165) is 10.9 Å². The Morgan fingerprint density at radius 3 is 2.63 bits per heavy atom. The minimum absolute atomic E-state index is 0.0400. The first-order valence-corrected chi connectivity index (χ1v) is 7.16. The zero-order valence-corrected chi connectivity index (χ0v) is 12.8. The lowest BCUT2D eigenvalue weighted by Crippen LogP contribution is -2.35. The normalized spacial score (nSPS) is 11.7. The Bertz CT molecular complexity index is 449. The molecule has 0 spiro atoms. The van der Waals surface area contributed by atoms with Crippen molar-refractivity contribution in [3.63, 3.8) is 0 Å². The molecule has 0 bridgehead atoms. The standard InChI is InChI=1S/C14H19BrN2O2/c1-3-10(2)17-13(18)8-9-16-14(19)11-6-4-5-7-12(11)15/h4-7,10H,3,8-9H2,1-2H3,(H,16,19)(H,17,18). The van der Waals surface area contributed by atoms with Gasteiger partial charge in [-0.15, -0.1) is 0 Å². The zero-order valence-electron chi connectivity index (χ0n) is 11.2. The van der Waals surface area contributed by atoms with Gasteiger partial charge in [0.15, 0.2) is 0 Å². The van der Waals surface area contributed by atoms with Gasteiger partial charge in [-0.25, -0.2) is 0 Å². The van der Waals surface area contributed by atoms with Crippen LogP contribution in [0, 0.1) is 0 Å². The SMILES string of the molecule is CCC(C)NC(=O)CCNC(=O)c1ccccc1Br. The summed E-state index contributed by atoms with van der Waals surface area (Å²) in [5.74, 6) is -0.217. The van der Waals surface area contributed by atoms with Crippen molar-refractivity contribution >= 4 is 27.7 Å². The highest BCUT2D eigenvalue weighted by atomic mass is 79.9. The third-order valence-electron chi connectivity index (χ3n) is 2.78. The van der Waals surface area contributed by atoms with Crippen molar-refractivity contribution < 1.29 is 9.59 Å². The van der Waals surface area contributed by atoms with Gasteiger partial charge in [-0.05, 0) is 41.4 Å². The van der Waals surface area contributed by atoms with Crippen LogP contribution in [0.2, 0.25) is 0 Å². The summed E-state index contributed by atoms with van der Waals surface area (Å²) in [7, 11) is 0. The monoisotopic (exact) mass is 326 g/mol. The van der Waals surface area contributed by atoms with Crippen LogP contribution in [0.4, 0.5) is 0 Å². The van der Waals surface area contributed by atoms with E-state index in [4.69, 9.17) is 0 Å². The fourth-order valence-electron chi connectivity index (χ4n) is 1.48. The van der Waals surface area contributed by atoms with Crippen molar-refractivity contribution in [2.24, 2.45) is 0 Å². The van der Waals surface area contributed by atoms with Crippen molar-refractivity contribution in [2.75, 3.05) is 6.54 Å². The number of halogens is 1. The van der Waals surface area contributed by atoms with Gasteiger partial charge in [0.05, 0.1) is 5.56 Å². The van der Waals surface area contributed by atoms with E-state index >= 15 is 0 Å². The summed E-state index contributed by atoms with van der Waals surface area (Å²) in [6.07, 6.45) is 1.19. The number of rotatable bonds is 6. The maximum Gasteiger partial charge on any atom is 0.252 e. The molecule has 1 atom stereocenters. The first kappa shape index (κ1) is 15.7. The molecule has 1 aromatic rings. The molecule has 1 unspecified atom stereocenters. The van der Waals surface area contributed by atoms with E-state index in [-0.39, 0.29) is 17.9 Å². The summed E-state index contributed by atoms with van der Waals surface area (Å²) in [6, 6.07) is 7.37. The Hall–Kier alpha value is -1.36. The molecular formula is C14H19BrN2O2. The van der Waals surface area contributed by atoms with Crippen LogP contribution in [0.5, 0.6) is 0 Å². The fourth-order valence-corrected chi connectivity index (χ4v) is 1.94. The largest absolute Gasteiger partial charge is 0.354 e. The van der Waals surface area contributed by atoms with Gasteiger partial charge in [0.1, 0.15) is 0 Å². The van der Waals surface area contributed by atoms with Crippen molar-refractivity contribution in [3.05, 3.63) is 34.3 Å². The van der Waals surface area contributed by atoms with Crippen LogP contribution >= 0.6 is 15.9 Å². The summed E-state index contributed by atoms with van der Waals surface area (Å²) >= 11 is 3.32. The molecule has 1 rings (SSSR count). The van der Waals surface area contributed by atoms with Crippen LogP contribution < -0.4 is 10.6 Å². The zero-order chi connectivity index (χ0) is 14.3. The Kier molecular flexibility index (Phi) is 6.56. The van der Waals surface area contributed by atoms with Gasteiger partial charge < -0.3 is 10.6 Å². The first-order chi connectivity index (χ1) is 9.04. The van der Waals surface area contributed by atoms with Crippen molar-refractivity contribution in [1.82, 2.24) is 10.6 Å². The van der Waals surface area contributed by atoms with Gasteiger partial charge >= 0.3 is 0 Å². The summed E-state index contributed by atoms with van der Waals surface area (Å²) in [5.41, 5.74) is 0.574. The second kappa shape index (κ2) is 7.94. The number of benzene rings is 1. The van der Waals surface area contributed by atoms with E-state index in [9.17, 15) is 9.59 Å². The molecular weight excluding hydrogens is 308 g/mol. The lowest BCUT2D eigenvalue weighted by Gasteiger charge is -2.11. The molecule has 19 heavy (non-hydrogen) atoms. The molecule has 104 valence electrons. The molecule has 5 heteroatoms. The fraction of sp³-hybridized carbons (Fsp3) is 0.429. The maximum atomic E-state index is 11.9. The van der Waals surface area contributed by atoms with Crippen molar-refractivity contribution in [3.8, 4) is 0 Å². The van der Waals surface area contributed by atoms with Gasteiger partial charge in [-0.2, -0.15) is 0 Å². The third-order valence-corrected chi connectivity index (χ3v) is 3.47. The van der Waals surface area contributed by atoms with E-state index in [1.807, 2.05) is 26.0 Å². The quantitative estimate of drug-likeness (QED) is 0.843. The molecule has 4 nitrogen and oxygen atoms in total. The Morgan fingerprint density at radius 2 is 2.00 bits per heavy atom. The Balaban J connectivity index is 2.36. The van der Waals surface area contributed by atoms with Crippen LogP contribution in [0.1, 0.15) is 37.0 Å². The number of nitrogens with one attached hydrogen (secondary N) is 2. The number of hydrogen-bond donors (Lipinski definition) is 2. The van der Waals surface area contributed by atoms with Crippen LogP contribution in [0.15, 0.2) is 28.7 Å². The van der Waals surface area contributed by atoms with Crippen LogP contribution in [0.3, 0.4) is 0 Å². The smallest absolute Gasteiger partial charge is 0.252 e. The molecule has 0 aliphatic heterocycles. The predicted molar refractivity (Wildman–Crippen MR) is 79.0 cm³/mol. The number of amides is 2. The van der Waals surface area contributed by atoms with Crippen LogP contribution in [0.25, 0.3) is 0 Å². The van der Waals surface area contributed by atoms with Gasteiger partial charge in [0.25, 0.3) is 5.91 Å². The minimum atomic E-state index is -0.177. The van der Waals surface area contributed by atoms with E-state index in [2.05, 4.69) is 26.6 Å². The molecule has 0 aliphatic rings. The van der Waals surface area contributed by atoms with E-state index in [1.54, 1.807) is 12.1 Å². The Labute approximate surface area is 122 Å². The highest BCUT2D eigenvalue weighted by Crippen LogP contribution is 2.15. The van der Waals surface area contributed by atoms with Gasteiger partial charge in [0.2, 0.25) is 5.91 Å². The lowest BCUT2D eigenvalue weighted by atomic mass is 10.2. The molecule has 2 amide bonds. The molecule has 0 radical (unpaired) electrons. The van der Waals surface area contributed by atoms with Crippen LogP contribution in [-0.2, 0) is 4.79 Å². The highest BCUT2D eigenvalue weighted by Gasteiger charge is 2.10. The molecule has 0 saturated carbocycles. The van der Waals surface area contributed by atoms with Crippen molar-refractivity contribution in [1.29, 1.82) is 0 Å². The molecule has 0 aliphatic carbocycles. The number of carbonyl (C=O) groups excluding carboxylic acids is 2. The summed E-state index contributed by atoms with van der Waals surface area (Å²) in [4.78, 5) is 23.4. The minimum Gasteiger partial charge on any atom is -0.354 e. The summed E-state index contributed by atoms with van der Waals surface area (Å²) in [5, 5.41) is 5.59. The van der Waals surface area contributed by atoms with Crippen molar-refractivity contribution in [2.45, 2.75) is 32.7 Å². The average molecular weight is 327 g/mol. The van der Waals surface area contributed by atoms with E-state index in [1.165, 1.54) is 0 Å². The molecule has 0 saturated heterocycles. The Morgan fingerprint density at radius 1 is 1.32 bits per heavy atom. The number of carbonyl (C=O) groups is 2.